The quantitative estimate of drug-likeness (QED) is 0.692. The Morgan fingerprint density at radius 1 is 1.28 bits per heavy atom. The average molecular weight is 353 g/mol. The van der Waals surface area contributed by atoms with E-state index < -0.39 is 11.6 Å². The summed E-state index contributed by atoms with van der Waals surface area (Å²) >= 11 is 0. The van der Waals surface area contributed by atoms with Crippen molar-refractivity contribution in [1.82, 2.24) is 15.1 Å². The molecule has 1 heterocycles. The number of aliphatic hydroxyl groups is 1. The van der Waals surface area contributed by atoms with Crippen molar-refractivity contribution in [3.8, 4) is 0 Å². The Labute approximate surface area is 149 Å². The third-order valence-electron chi connectivity index (χ3n) is 6.42. The van der Waals surface area contributed by atoms with E-state index in [-0.39, 0.29) is 30.6 Å². The minimum Gasteiger partial charge on any atom is -0.480 e. The Morgan fingerprint density at radius 3 is 2.72 bits per heavy atom. The number of hydrogen-bond acceptors (Lipinski definition) is 4. The van der Waals surface area contributed by atoms with Crippen molar-refractivity contribution in [1.29, 1.82) is 0 Å². The molecule has 1 aliphatic heterocycles. The molecule has 0 bridgehead atoms. The summed E-state index contributed by atoms with van der Waals surface area (Å²) < 4.78 is 0. The van der Waals surface area contributed by atoms with Gasteiger partial charge in [0.1, 0.15) is 0 Å². The Hall–Kier alpha value is -1.34. The number of carboxylic acid groups (broad SMARTS) is 1. The number of likely N-dealkylation sites (N-methyl/N-ethyl adjacent to an activating group) is 1. The summed E-state index contributed by atoms with van der Waals surface area (Å²) in [6.45, 7) is 4.01. The molecule has 0 aromatic heterocycles. The van der Waals surface area contributed by atoms with Crippen molar-refractivity contribution in [2.45, 2.75) is 69.6 Å². The van der Waals surface area contributed by atoms with Crippen LogP contribution < -0.4 is 5.32 Å². The van der Waals surface area contributed by atoms with Crippen molar-refractivity contribution >= 4 is 12.0 Å². The van der Waals surface area contributed by atoms with Gasteiger partial charge in [-0.05, 0) is 38.6 Å². The summed E-state index contributed by atoms with van der Waals surface area (Å²) in [5, 5.41) is 22.7. The van der Waals surface area contributed by atoms with Gasteiger partial charge in [-0.3, -0.25) is 9.69 Å². The van der Waals surface area contributed by atoms with Gasteiger partial charge in [0.2, 0.25) is 0 Å². The molecule has 0 spiro atoms. The number of urea groups is 1. The van der Waals surface area contributed by atoms with E-state index in [9.17, 15) is 14.7 Å². The molecule has 3 aliphatic rings. The zero-order valence-electron chi connectivity index (χ0n) is 15.1. The van der Waals surface area contributed by atoms with Gasteiger partial charge in [-0.25, -0.2) is 4.79 Å². The first-order valence-electron chi connectivity index (χ1n) is 9.65. The van der Waals surface area contributed by atoms with Crippen molar-refractivity contribution in [3.05, 3.63) is 0 Å². The maximum absolute atomic E-state index is 12.5. The molecular formula is C18H31N3O4. The molecule has 2 aliphatic carbocycles. The number of nitrogens with zero attached hydrogens (tertiary/aromatic N) is 2. The summed E-state index contributed by atoms with van der Waals surface area (Å²) in [5.41, 5.74) is -0.560. The number of aliphatic carboxylic acids is 1. The van der Waals surface area contributed by atoms with E-state index in [2.05, 4.69) is 5.32 Å². The van der Waals surface area contributed by atoms with E-state index in [1.807, 2.05) is 16.7 Å². The lowest BCUT2D eigenvalue weighted by molar-refractivity contribution is -0.139. The van der Waals surface area contributed by atoms with Gasteiger partial charge in [0.15, 0.2) is 0 Å². The molecule has 0 radical (unpaired) electrons. The van der Waals surface area contributed by atoms with Crippen molar-refractivity contribution in [2.24, 2.45) is 5.92 Å². The van der Waals surface area contributed by atoms with Crippen LogP contribution in [0.25, 0.3) is 0 Å². The third-order valence-corrected chi connectivity index (χ3v) is 6.42. The summed E-state index contributed by atoms with van der Waals surface area (Å²) in [7, 11) is 0. The van der Waals surface area contributed by atoms with Gasteiger partial charge in [0.25, 0.3) is 0 Å². The summed E-state index contributed by atoms with van der Waals surface area (Å²) in [4.78, 5) is 27.2. The van der Waals surface area contributed by atoms with Gasteiger partial charge in [-0.15, -0.1) is 0 Å². The highest BCUT2D eigenvalue weighted by atomic mass is 16.4. The monoisotopic (exact) mass is 353 g/mol. The first-order valence-corrected chi connectivity index (χ1v) is 9.65. The smallest absolute Gasteiger partial charge is 0.317 e. The Kier molecular flexibility index (Phi) is 5.53. The fourth-order valence-corrected chi connectivity index (χ4v) is 4.70. The van der Waals surface area contributed by atoms with Crippen LogP contribution >= 0.6 is 0 Å². The predicted octanol–water partition coefficient (Wildman–Crippen LogP) is 1.26. The predicted molar refractivity (Wildman–Crippen MR) is 93.3 cm³/mol. The number of carboxylic acids is 1. The lowest BCUT2D eigenvalue weighted by Gasteiger charge is -2.48. The molecule has 2 amide bonds. The highest BCUT2D eigenvalue weighted by molar-refractivity contribution is 5.75. The number of fused-ring (bicyclic) bond motifs is 1. The number of hydrogen-bond donors (Lipinski definition) is 3. The van der Waals surface area contributed by atoms with Crippen LogP contribution in [0, 0.1) is 5.92 Å². The molecule has 2 unspecified atom stereocenters. The highest BCUT2D eigenvalue weighted by Gasteiger charge is 2.44. The molecule has 3 N–H and O–H groups in total. The molecule has 3 fully saturated rings. The summed E-state index contributed by atoms with van der Waals surface area (Å²) in [5.74, 6) is -0.594. The van der Waals surface area contributed by atoms with Gasteiger partial charge in [0.05, 0.1) is 12.1 Å². The highest BCUT2D eigenvalue weighted by Crippen LogP contribution is 2.39. The first-order chi connectivity index (χ1) is 11.9. The van der Waals surface area contributed by atoms with Crippen molar-refractivity contribution < 1.29 is 19.8 Å². The molecule has 0 aromatic carbocycles. The number of piperidine rings is 1. The molecule has 0 aromatic rings. The number of likely N-dealkylation sites (tertiary alicyclic amines) is 1. The molecule has 7 nitrogen and oxygen atoms in total. The second kappa shape index (κ2) is 7.50. The van der Waals surface area contributed by atoms with Crippen LogP contribution in [0.5, 0.6) is 0 Å². The Bertz CT molecular complexity index is 509. The van der Waals surface area contributed by atoms with E-state index in [0.717, 1.165) is 38.5 Å². The van der Waals surface area contributed by atoms with E-state index >= 15 is 0 Å². The molecule has 2 saturated carbocycles. The fraction of sp³-hybridized carbons (Fsp3) is 0.889. The Morgan fingerprint density at radius 2 is 2.04 bits per heavy atom. The topological polar surface area (TPSA) is 93.1 Å². The SMILES string of the molecule is CCN(CC(=O)O)C1CC(NC(=O)N2CCC3(O)CCCCC3C2)C1. The van der Waals surface area contributed by atoms with Crippen LogP contribution in [0.4, 0.5) is 4.79 Å². The largest absolute Gasteiger partial charge is 0.480 e. The molecule has 25 heavy (non-hydrogen) atoms. The van der Waals surface area contributed by atoms with E-state index in [1.54, 1.807) is 0 Å². The van der Waals surface area contributed by atoms with Crippen LogP contribution in [-0.4, -0.2) is 75.9 Å². The third kappa shape index (κ3) is 4.08. The Balaban J connectivity index is 1.44. The average Bonchev–Trinajstić information content (AvgIpc) is 2.54. The molecule has 142 valence electrons. The van der Waals surface area contributed by atoms with Gasteiger partial charge < -0.3 is 20.4 Å². The van der Waals surface area contributed by atoms with Gasteiger partial charge >= 0.3 is 12.0 Å². The number of carbonyl (C=O) groups excluding carboxylic acids is 1. The zero-order valence-corrected chi connectivity index (χ0v) is 15.1. The second-order valence-electron chi connectivity index (χ2n) is 7.97. The summed E-state index contributed by atoms with van der Waals surface area (Å²) in [6, 6.07) is 0.348. The number of carbonyl (C=O) groups is 2. The molecule has 2 atom stereocenters. The summed E-state index contributed by atoms with van der Waals surface area (Å²) in [6.07, 6.45) is 6.42. The molecule has 3 rings (SSSR count). The van der Waals surface area contributed by atoms with Crippen LogP contribution in [0.15, 0.2) is 0 Å². The van der Waals surface area contributed by atoms with E-state index in [1.165, 1.54) is 0 Å². The zero-order chi connectivity index (χ0) is 18.0. The fourth-order valence-electron chi connectivity index (χ4n) is 4.70. The lowest BCUT2D eigenvalue weighted by Crippen LogP contribution is -2.60. The van der Waals surface area contributed by atoms with Crippen LogP contribution in [0.3, 0.4) is 0 Å². The van der Waals surface area contributed by atoms with E-state index in [0.29, 0.717) is 26.1 Å². The second-order valence-corrected chi connectivity index (χ2v) is 7.97. The maximum atomic E-state index is 12.5. The molecular weight excluding hydrogens is 322 g/mol. The van der Waals surface area contributed by atoms with Crippen molar-refractivity contribution in [3.63, 3.8) is 0 Å². The van der Waals surface area contributed by atoms with E-state index in [4.69, 9.17) is 5.11 Å². The normalized spacial score (nSPS) is 35.0. The van der Waals surface area contributed by atoms with Gasteiger partial charge in [-0.1, -0.05) is 19.8 Å². The molecule has 7 heteroatoms. The number of rotatable bonds is 5. The minimum absolute atomic E-state index is 0.0302. The minimum atomic E-state index is -0.803. The lowest BCUT2D eigenvalue weighted by atomic mass is 9.71. The standard InChI is InChI=1S/C18H31N3O4/c1-2-20(12-16(22)23)15-9-14(10-15)19-17(24)21-8-7-18(25)6-4-3-5-13(18)11-21/h13-15,25H,2-12H2,1H3,(H,19,24)(H,22,23). The maximum Gasteiger partial charge on any atom is 0.317 e. The number of amides is 2. The molecule has 1 saturated heterocycles. The van der Waals surface area contributed by atoms with Crippen molar-refractivity contribution in [2.75, 3.05) is 26.2 Å². The van der Waals surface area contributed by atoms with Crippen LogP contribution in [-0.2, 0) is 4.79 Å². The number of nitrogens with one attached hydrogen (secondary N) is 1. The van der Waals surface area contributed by atoms with Gasteiger partial charge in [0, 0.05) is 31.1 Å². The van der Waals surface area contributed by atoms with Crippen LogP contribution in [0.1, 0.15) is 51.9 Å². The van der Waals surface area contributed by atoms with Gasteiger partial charge in [-0.2, -0.15) is 0 Å². The van der Waals surface area contributed by atoms with Crippen LogP contribution in [0.2, 0.25) is 0 Å². The first kappa shape index (κ1) is 18.5.